The van der Waals surface area contributed by atoms with Crippen molar-refractivity contribution in [3.05, 3.63) is 59.7 Å². The summed E-state index contributed by atoms with van der Waals surface area (Å²) < 4.78 is 5.11. The Hall–Kier alpha value is -2.90. The van der Waals surface area contributed by atoms with Crippen LogP contribution in [0.4, 0.5) is 5.69 Å². The lowest BCUT2D eigenvalue weighted by Gasteiger charge is -2.32. The predicted octanol–water partition coefficient (Wildman–Crippen LogP) is 1.92. The molecule has 2 aromatic carbocycles. The summed E-state index contributed by atoms with van der Waals surface area (Å²) in [6, 6.07) is 13.9. The summed E-state index contributed by atoms with van der Waals surface area (Å²) in [5.74, 6) is 0.219. The van der Waals surface area contributed by atoms with Crippen LogP contribution in [-0.4, -0.2) is 75.0 Å². The first-order valence-electron chi connectivity index (χ1n) is 9.80. The summed E-state index contributed by atoms with van der Waals surface area (Å²) in [5, 5.41) is 5.80. The molecule has 1 heterocycles. The molecule has 0 aromatic heterocycles. The smallest absolute Gasteiger partial charge is 0.255 e. The Morgan fingerprint density at radius 1 is 0.966 bits per heavy atom. The maximum absolute atomic E-state index is 12.7. The van der Waals surface area contributed by atoms with Gasteiger partial charge in [0.25, 0.3) is 11.8 Å². The quantitative estimate of drug-likeness (QED) is 0.748. The lowest BCUT2D eigenvalue weighted by molar-refractivity contribution is 0.0942. The van der Waals surface area contributed by atoms with E-state index < -0.39 is 0 Å². The molecule has 1 fully saturated rings. The molecule has 0 saturated carbocycles. The molecule has 154 valence electrons. The van der Waals surface area contributed by atoms with Gasteiger partial charge in [-0.15, -0.1) is 0 Å². The Bertz CT molecular complexity index is 830. The van der Waals surface area contributed by atoms with E-state index in [9.17, 15) is 9.59 Å². The Kier molecular flexibility index (Phi) is 7.21. The van der Waals surface area contributed by atoms with E-state index in [-0.39, 0.29) is 11.8 Å². The number of para-hydroxylation sites is 1. The van der Waals surface area contributed by atoms with Crippen molar-refractivity contribution in [1.29, 1.82) is 0 Å². The van der Waals surface area contributed by atoms with Gasteiger partial charge in [-0.05, 0) is 43.4 Å². The topological polar surface area (TPSA) is 73.9 Å². The van der Waals surface area contributed by atoms with Crippen molar-refractivity contribution >= 4 is 17.5 Å². The largest absolute Gasteiger partial charge is 0.497 e. The number of carbonyl (C=O) groups is 2. The first kappa shape index (κ1) is 20.8. The van der Waals surface area contributed by atoms with Gasteiger partial charge in [0, 0.05) is 44.8 Å². The molecule has 1 aliphatic rings. The van der Waals surface area contributed by atoms with Crippen LogP contribution in [-0.2, 0) is 0 Å². The highest BCUT2D eigenvalue weighted by Gasteiger charge is 2.16. The molecular formula is C22H28N4O3. The average Bonchev–Trinajstić information content (AvgIpc) is 2.75. The van der Waals surface area contributed by atoms with Gasteiger partial charge in [-0.25, -0.2) is 0 Å². The number of nitrogens with zero attached hydrogens (tertiary/aromatic N) is 2. The van der Waals surface area contributed by atoms with E-state index in [1.807, 2.05) is 0 Å². The normalized spacial score (nSPS) is 15.0. The number of nitrogens with one attached hydrogen (secondary N) is 2. The minimum Gasteiger partial charge on any atom is -0.497 e. The van der Waals surface area contributed by atoms with Crippen LogP contribution in [0, 0.1) is 0 Å². The number of piperazine rings is 1. The molecule has 3 rings (SSSR count). The van der Waals surface area contributed by atoms with Crippen LogP contribution in [0.1, 0.15) is 20.7 Å². The molecule has 0 aliphatic carbocycles. The highest BCUT2D eigenvalue weighted by atomic mass is 16.5. The SMILES string of the molecule is COc1ccc(C(=O)Nc2ccccc2C(=O)NCCN2CCN(C)CC2)cc1. The number of likely N-dealkylation sites (N-methyl/N-ethyl adjacent to an activating group) is 1. The van der Waals surface area contributed by atoms with Crippen molar-refractivity contribution in [1.82, 2.24) is 15.1 Å². The minimum atomic E-state index is -0.273. The van der Waals surface area contributed by atoms with Crippen LogP contribution in [0.3, 0.4) is 0 Å². The van der Waals surface area contributed by atoms with Gasteiger partial charge in [0.05, 0.1) is 18.4 Å². The highest BCUT2D eigenvalue weighted by Crippen LogP contribution is 2.17. The lowest BCUT2D eigenvalue weighted by atomic mass is 10.1. The van der Waals surface area contributed by atoms with Gasteiger partial charge in [-0.3, -0.25) is 14.5 Å². The number of rotatable bonds is 7. The molecule has 29 heavy (non-hydrogen) atoms. The van der Waals surface area contributed by atoms with E-state index >= 15 is 0 Å². The van der Waals surface area contributed by atoms with Crippen LogP contribution < -0.4 is 15.4 Å². The second-order valence-corrected chi connectivity index (χ2v) is 7.13. The van der Waals surface area contributed by atoms with Gasteiger partial charge < -0.3 is 20.3 Å². The Balaban J connectivity index is 1.57. The summed E-state index contributed by atoms with van der Waals surface area (Å²) in [4.78, 5) is 29.8. The molecule has 7 nitrogen and oxygen atoms in total. The van der Waals surface area contributed by atoms with E-state index in [0.717, 1.165) is 32.7 Å². The summed E-state index contributed by atoms with van der Waals surface area (Å²) in [7, 11) is 3.70. The maximum Gasteiger partial charge on any atom is 0.255 e. The first-order valence-corrected chi connectivity index (χ1v) is 9.80. The summed E-state index contributed by atoms with van der Waals surface area (Å²) >= 11 is 0. The molecule has 0 spiro atoms. The molecule has 0 atom stereocenters. The highest BCUT2D eigenvalue weighted by molar-refractivity contribution is 6.09. The molecule has 1 aliphatic heterocycles. The molecule has 0 radical (unpaired) electrons. The molecule has 0 unspecified atom stereocenters. The number of hydrogen-bond donors (Lipinski definition) is 2. The van der Waals surface area contributed by atoms with Crippen molar-refractivity contribution in [2.24, 2.45) is 0 Å². The fourth-order valence-electron chi connectivity index (χ4n) is 3.22. The third kappa shape index (κ3) is 5.79. The van der Waals surface area contributed by atoms with Crippen LogP contribution >= 0.6 is 0 Å². The fourth-order valence-corrected chi connectivity index (χ4v) is 3.22. The Labute approximate surface area is 171 Å². The van der Waals surface area contributed by atoms with Crippen LogP contribution in [0.15, 0.2) is 48.5 Å². The van der Waals surface area contributed by atoms with Crippen molar-refractivity contribution in [3.8, 4) is 5.75 Å². The van der Waals surface area contributed by atoms with Gasteiger partial charge in [0.15, 0.2) is 0 Å². The number of amides is 2. The van der Waals surface area contributed by atoms with Crippen molar-refractivity contribution in [2.45, 2.75) is 0 Å². The third-order valence-electron chi connectivity index (χ3n) is 5.08. The molecule has 2 amide bonds. The summed E-state index contributed by atoms with van der Waals surface area (Å²) in [5.41, 5.74) is 1.44. The van der Waals surface area contributed by atoms with E-state index in [1.54, 1.807) is 55.6 Å². The van der Waals surface area contributed by atoms with Crippen LogP contribution in [0.25, 0.3) is 0 Å². The first-order chi connectivity index (χ1) is 14.1. The van der Waals surface area contributed by atoms with Crippen molar-refractivity contribution in [3.63, 3.8) is 0 Å². The van der Waals surface area contributed by atoms with Gasteiger partial charge in [0.2, 0.25) is 0 Å². The van der Waals surface area contributed by atoms with Crippen molar-refractivity contribution in [2.75, 3.05) is 58.7 Å². The van der Waals surface area contributed by atoms with E-state index in [4.69, 9.17) is 4.74 Å². The number of hydrogen-bond acceptors (Lipinski definition) is 5. The zero-order valence-electron chi connectivity index (χ0n) is 17.0. The predicted molar refractivity (Wildman–Crippen MR) is 114 cm³/mol. The summed E-state index contributed by atoms with van der Waals surface area (Å²) in [6.07, 6.45) is 0. The molecule has 2 aromatic rings. The Morgan fingerprint density at radius 3 is 2.34 bits per heavy atom. The summed E-state index contributed by atoms with van der Waals surface area (Å²) in [6.45, 7) is 5.52. The molecular weight excluding hydrogens is 368 g/mol. The molecule has 1 saturated heterocycles. The van der Waals surface area contributed by atoms with Crippen LogP contribution in [0.5, 0.6) is 5.75 Å². The fraction of sp³-hybridized carbons (Fsp3) is 0.364. The zero-order valence-corrected chi connectivity index (χ0v) is 17.0. The standard InChI is InChI=1S/C22H28N4O3/c1-25-13-15-26(16-14-25)12-11-23-22(28)19-5-3-4-6-20(19)24-21(27)17-7-9-18(29-2)10-8-17/h3-10H,11-16H2,1-2H3,(H,23,28)(H,24,27). The second-order valence-electron chi connectivity index (χ2n) is 7.13. The minimum absolute atomic E-state index is 0.190. The second kappa shape index (κ2) is 10.0. The maximum atomic E-state index is 12.7. The van der Waals surface area contributed by atoms with Crippen molar-refractivity contribution < 1.29 is 14.3 Å². The van der Waals surface area contributed by atoms with Gasteiger partial charge >= 0.3 is 0 Å². The number of ether oxygens (including phenoxy) is 1. The number of methoxy groups -OCH3 is 1. The third-order valence-corrected chi connectivity index (χ3v) is 5.08. The van der Waals surface area contributed by atoms with E-state index in [2.05, 4.69) is 27.5 Å². The number of anilines is 1. The molecule has 7 heteroatoms. The van der Waals surface area contributed by atoms with E-state index in [0.29, 0.717) is 29.1 Å². The average molecular weight is 396 g/mol. The van der Waals surface area contributed by atoms with Gasteiger partial charge in [-0.2, -0.15) is 0 Å². The van der Waals surface area contributed by atoms with Gasteiger partial charge in [-0.1, -0.05) is 12.1 Å². The number of benzene rings is 2. The molecule has 2 N–H and O–H groups in total. The lowest BCUT2D eigenvalue weighted by Crippen LogP contribution is -2.46. The zero-order chi connectivity index (χ0) is 20.6. The van der Waals surface area contributed by atoms with Gasteiger partial charge in [0.1, 0.15) is 5.75 Å². The van der Waals surface area contributed by atoms with Crippen LogP contribution in [0.2, 0.25) is 0 Å². The molecule has 0 bridgehead atoms. The number of carbonyl (C=O) groups excluding carboxylic acids is 2. The monoisotopic (exact) mass is 396 g/mol. The Morgan fingerprint density at radius 2 is 1.66 bits per heavy atom. The van der Waals surface area contributed by atoms with E-state index in [1.165, 1.54) is 0 Å².